The zero-order valence-electron chi connectivity index (χ0n) is 31.7. The highest BCUT2D eigenvalue weighted by molar-refractivity contribution is 6.21. The number of anilines is 3. The van der Waals surface area contributed by atoms with Crippen LogP contribution in [-0.4, -0.2) is 0 Å². The first kappa shape index (κ1) is 33.6. The van der Waals surface area contributed by atoms with Crippen molar-refractivity contribution in [3.05, 3.63) is 224 Å². The van der Waals surface area contributed by atoms with Gasteiger partial charge < -0.3 is 9.32 Å². The molecule has 0 amide bonds. The van der Waals surface area contributed by atoms with E-state index in [9.17, 15) is 0 Å². The number of furan rings is 1. The average Bonchev–Trinajstić information content (AvgIpc) is 3.69. The molecule has 1 aromatic heterocycles. The summed E-state index contributed by atoms with van der Waals surface area (Å²) < 4.78 is 6.61. The minimum absolute atomic E-state index is 0.865. The smallest absolute Gasteiger partial charge is 0.159 e. The van der Waals surface area contributed by atoms with Gasteiger partial charge in [-0.05, 0) is 109 Å². The lowest BCUT2D eigenvalue weighted by atomic mass is 9.84. The molecule has 0 unspecified atom stereocenters. The van der Waals surface area contributed by atoms with E-state index in [0.29, 0.717) is 0 Å². The highest BCUT2D eigenvalue weighted by atomic mass is 16.3. The highest BCUT2D eigenvalue weighted by Gasteiger charge is 2.21. The zero-order chi connectivity index (χ0) is 38.4. The van der Waals surface area contributed by atoms with Gasteiger partial charge in [-0.15, -0.1) is 0 Å². The first-order valence-corrected chi connectivity index (χ1v) is 19.8. The Balaban J connectivity index is 1.04. The van der Waals surface area contributed by atoms with Crippen molar-refractivity contribution in [3.63, 3.8) is 0 Å². The third-order valence-electron chi connectivity index (χ3n) is 11.5. The van der Waals surface area contributed by atoms with Crippen LogP contribution in [0.25, 0.3) is 88.0 Å². The molecule has 11 aromatic rings. The van der Waals surface area contributed by atoms with Crippen molar-refractivity contribution in [2.24, 2.45) is 0 Å². The van der Waals surface area contributed by atoms with Gasteiger partial charge in [0.25, 0.3) is 0 Å². The van der Waals surface area contributed by atoms with Crippen LogP contribution in [0.3, 0.4) is 0 Å². The molecule has 0 saturated carbocycles. The lowest BCUT2D eigenvalue weighted by Crippen LogP contribution is -2.10. The van der Waals surface area contributed by atoms with E-state index in [1.165, 1.54) is 60.5 Å². The molecule has 0 N–H and O–H groups in total. The Morgan fingerprint density at radius 3 is 1.34 bits per heavy atom. The van der Waals surface area contributed by atoms with Crippen LogP contribution in [0.1, 0.15) is 0 Å². The normalized spacial score (nSPS) is 11.4. The summed E-state index contributed by atoms with van der Waals surface area (Å²) in [6.45, 7) is 0. The minimum atomic E-state index is 0.865. The van der Waals surface area contributed by atoms with E-state index in [2.05, 4.69) is 217 Å². The van der Waals surface area contributed by atoms with Crippen LogP contribution in [0, 0.1) is 0 Å². The molecule has 0 atom stereocenters. The van der Waals surface area contributed by atoms with E-state index in [0.717, 1.165) is 44.6 Å². The summed E-state index contributed by atoms with van der Waals surface area (Å²) in [7, 11) is 0. The standard InChI is InChI=1S/C56H37NO/c1-3-15-38(16-4-1)39-29-33-44(34-30-39)57(52-27-14-26-51-48-23-11-12-28-53(48)58-56(51)52)45-35-31-40(32-36-45)42-19-13-20-43(37-42)55-50-25-10-8-22-47(50)46-21-7-9-24-49(46)54(55)41-17-5-2-6-18-41/h1-37H. The van der Waals surface area contributed by atoms with Crippen LogP contribution >= 0.6 is 0 Å². The van der Waals surface area contributed by atoms with Crippen LogP contribution in [0.4, 0.5) is 17.1 Å². The van der Waals surface area contributed by atoms with E-state index < -0.39 is 0 Å². The van der Waals surface area contributed by atoms with Crippen LogP contribution in [0.5, 0.6) is 0 Å². The molecule has 10 aromatic carbocycles. The molecule has 272 valence electrons. The predicted octanol–water partition coefficient (Wildman–Crippen LogP) is 16.0. The molecule has 0 radical (unpaired) electrons. The molecule has 58 heavy (non-hydrogen) atoms. The lowest BCUT2D eigenvalue weighted by Gasteiger charge is -2.26. The van der Waals surface area contributed by atoms with Crippen molar-refractivity contribution in [1.82, 2.24) is 0 Å². The second-order valence-electron chi connectivity index (χ2n) is 14.8. The van der Waals surface area contributed by atoms with Crippen molar-refractivity contribution >= 4 is 60.5 Å². The summed E-state index contributed by atoms with van der Waals surface area (Å²) in [5, 5.41) is 7.26. The number of nitrogens with zero attached hydrogens (tertiary/aromatic N) is 1. The fraction of sp³-hybridized carbons (Fsp3) is 0. The molecule has 2 heteroatoms. The summed E-state index contributed by atoms with van der Waals surface area (Å²) in [5.41, 5.74) is 14.5. The number of benzene rings is 10. The van der Waals surface area contributed by atoms with E-state index in [1.54, 1.807) is 0 Å². The molecule has 11 rings (SSSR count). The monoisotopic (exact) mass is 739 g/mol. The summed E-state index contributed by atoms with van der Waals surface area (Å²) in [5.74, 6) is 0. The highest BCUT2D eigenvalue weighted by Crippen LogP contribution is 2.46. The number of fused-ring (bicyclic) bond motifs is 6. The van der Waals surface area contributed by atoms with Gasteiger partial charge in [0.2, 0.25) is 0 Å². The van der Waals surface area contributed by atoms with Crippen LogP contribution in [0.2, 0.25) is 0 Å². The van der Waals surface area contributed by atoms with Crippen molar-refractivity contribution in [3.8, 4) is 44.5 Å². The fourth-order valence-electron chi connectivity index (χ4n) is 8.77. The third-order valence-corrected chi connectivity index (χ3v) is 11.5. The largest absolute Gasteiger partial charge is 0.454 e. The quantitative estimate of drug-likeness (QED) is 0.151. The van der Waals surface area contributed by atoms with E-state index >= 15 is 0 Å². The summed E-state index contributed by atoms with van der Waals surface area (Å²) in [6.07, 6.45) is 0. The molecule has 0 fully saturated rings. The minimum Gasteiger partial charge on any atom is -0.454 e. The second kappa shape index (κ2) is 14.1. The van der Waals surface area contributed by atoms with Crippen molar-refractivity contribution in [2.75, 3.05) is 4.90 Å². The molecule has 0 aliphatic carbocycles. The summed E-state index contributed by atoms with van der Waals surface area (Å²) in [6, 6.07) is 80.5. The molecule has 0 saturated heterocycles. The molecule has 2 nitrogen and oxygen atoms in total. The van der Waals surface area contributed by atoms with E-state index in [1.807, 2.05) is 12.1 Å². The molecule has 0 spiro atoms. The van der Waals surface area contributed by atoms with Crippen LogP contribution < -0.4 is 4.90 Å². The van der Waals surface area contributed by atoms with Gasteiger partial charge in [-0.2, -0.15) is 0 Å². The molecule has 0 bridgehead atoms. The van der Waals surface area contributed by atoms with Crippen LogP contribution in [-0.2, 0) is 0 Å². The Bertz CT molecular complexity index is 3250. The molecular weight excluding hydrogens is 703 g/mol. The van der Waals surface area contributed by atoms with Gasteiger partial charge in [0, 0.05) is 22.1 Å². The maximum Gasteiger partial charge on any atom is 0.159 e. The summed E-state index contributed by atoms with van der Waals surface area (Å²) >= 11 is 0. The predicted molar refractivity (Wildman–Crippen MR) is 245 cm³/mol. The number of hydrogen-bond acceptors (Lipinski definition) is 2. The first-order valence-electron chi connectivity index (χ1n) is 19.8. The number of rotatable bonds is 7. The number of para-hydroxylation sites is 2. The Labute approximate surface area is 337 Å². The maximum atomic E-state index is 6.61. The van der Waals surface area contributed by atoms with Crippen molar-refractivity contribution in [1.29, 1.82) is 0 Å². The first-order chi connectivity index (χ1) is 28.8. The van der Waals surface area contributed by atoms with Gasteiger partial charge in [-0.1, -0.05) is 182 Å². The zero-order valence-corrected chi connectivity index (χ0v) is 31.7. The van der Waals surface area contributed by atoms with Gasteiger partial charge in [0.1, 0.15) is 5.58 Å². The second-order valence-corrected chi connectivity index (χ2v) is 14.8. The Kier molecular flexibility index (Phi) is 8.19. The Morgan fingerprint density at radius 2 is 0.707 bits per heavy atom. The molecule has 0 aliphatic heterocycles. The van der Waals surface area contributed by atoms with Gasteiger partial charge >= 0.3 is 0 Å². The fourth-order valence-corrected chi connectivity index (χ4v) is 8.77. The maximum absolute atomic E-state index is 6.61. The SMILES string of the molecule is c1ccc(-c2ccc(N(c3ccc(-c4cccc(-c5c(-c6ccccc6)c6ccccc6c6ccccc56)c4)cc3)c3cccc4c3oc3ccccc34)cc2)cc1. The summed E-state index contributed by atoms with van der Waals surface area (Å²) in [4.78, 5) is 2.31. The molecule has 0 aliphatic rings. The van der Waals surface area contributed by atoms with Gasteiger partial charge in [0.15, 0.2) is 5.58 Å². The molecule has 1 heterocycles. The van der Waals surface area contributed by atoms with Gasteiger partial charge in [-0.25, -0.2) is 0 Å². The lowest BCUT2D eigenvalue weighted by molar-refractivity contribution is 0.669. The van der Waals surface area contributed by atoms with Crippen molar-refractivity contribution in [2.45, 2.75) is 0 Å². The van der Waals surface area contributed by atoms with E-state index in [-0.39, 0.29) is 0 Å². The third kappa shape index (κ3) is 5.74. The van der Waals surface area contributed by atoms with Gasteiger partial charge in [0.05, 0.1) is 5.69 Å². The average molecular weight is 740 g/mol. The van der Waals surface area contributed by atoms with Crippen LogP contribution in [0.15, 0.2) is 229 Å². The topological polar surface area (TPSA) is 16.4 Å². The molecular formula is C56H37NO. The Morgan fingerprint density at radius 1 is 0.276 bits per heavy atom. The van der Waals surface area contributed by atoms with E-state index in [4.69, 9.17) is 4.42 Å². The number of hydrogen-bond donors (Lipinski definition) is 0. The van der Waals surface area contributed by atoms with Gasteiger partial charge in [-0.3, -0.25) is 0 Å². The van der Waals surface area contributed by atoms with Crippen molar-refractivity contribution < 1.29 is 4.42 Å². The Hall–Kier alpha value is -7.68.